The highest BCUT2D eigenvalue weighted by atomic mass is 33.1. The lowest BCUT2D eigenvalue weighted by Crippen LogP contribution is -2.05. The van der Waals surface area contributed by atoms with Crippen LogP contribution in [0.1, 0.15) is 17.2 Å². The average Bonchev–Trinajstić information content (AvgIpc) is 2.85. The highest BCUT2D eigenvalue weighted by molar-refractivity contribution is 8.76. The largest absolute Gasteiger partial charge is 0.454 e. The molecule has 100 valence electrons. The summed E-state index contributed by atoms with van der Waals surface area (Å²) in [7, 11) is 3.62. The van der Waals surface area contributed by atoms with Crippen molar-refractivity contribution in [2.75, 3.05) is 25.6 Å². The lowest BCUT2D eigenvalue weighted by atomic mass is 10.1. The molecule has 2 rings (SSSR count). The molecule has 0 saturated carbocycles. The second kappa shape index (κ2) is 7.13. The number of nitrogens with two attached hydrogens (primary N) is 2. The minimum absolute atomic E-state index is 0.315. The molecule has 1 heterocycles. The highest BCUT2D eigenvalue weighted by Gasteiger charge is 2.18. The van der Waals surface area contributed by atoms with Crippen molar-refractivity contribution in [3.05, 3.63) is 23.8 Å². The number of hydrogen-bond acceptors (Lipinski definition) is 6. The van der Waals surface area contributed by atoms with Gasteiger partial charge in [0.15, 0.2) is 11.5 Å². The van der Waals surface area contributed by atoms with Crippen LogP contribution in [0.25, 0.3) is 0 Å². The fourth-order valence-electron chi connectivity index (χ4n) is 1.71. The molecule has 4 N–H and O–H groups in total. The van der Waals surface area contributed by atoms with Crippen LogP contribution in [0.15, 0.2) is 18.2 Å². The lowest BCUT2D eigenvalue weighted by molar-refractivity contribution is 0.174. The first-order valence-corrected chi connectivity index (χ1v) is 8.31. The number of fused-ring (bicyclic) bond motifs is 1. The molecule has 0 radical (unpaired) electrons. The van der Waals surface area contributed by atoms with Crippen molar-refractivity contribution in [2.24, 2.45) is 11.5 Å². The molecule has 0 saturated heterocycles. The molecule has 1 aromatic carbocycles. The van der Waals surface area contributed by atoms with Crippen LogP contribution in [-0.4, -0.2) is 25.6 Å². The number of benzene rings is 1. The summed E-state index contributed by atoms with van der Waals surface area (Å²) in [5.41, 5.74) is 12.4. The van der Waals surface area contributed by atoms with Gasteiger partial charge in [0.2, 0.25) is 6.79 Å². The number of ether oxygens (including phenoxy) is 2. The topological polar surface area (TPSA) is 70.5 Å². The van der Waals surface area contributed by atoms with Crippen LogP contribution in [0.5, 0.6) is 11.5 Å². The van der Waals surface area contributed by atoms with E-state index in [0.29, 0.717) is 25.1 Å². The predicted octanol–water partition coefficient (Wildman–Crippen LogP) is 2.15. The van der Waals surface area contributed by atoms with Gasteiger partial charge in [0.05, 0.1) is 0 Å². The summed E-state index contributed by atoms with van der Waals surface area (Å²) < 4.78 is 10.7. The maximum atomic E-state index is 5.68. The molecule has 1 unspecified atom stereocenters. The van der Waals surface area contributed by atoms with E-state index in [9.17, 15) is 0 Å². The van der Waals surface area contributed by atoms with Gasteiger partial charge in [0, 0.05) is 17.5 Å². The van der Waals surface area contributed by atoms with E-state index in [1.54, 1.807) is 10.8 Å². The Balaban J connectivity index is 2.04. The van der Waals surface area contributed by atoms with Crippen LogP contribution < -0.4 is 20.9 Å². The van der Waals surface area contributed by atoms with Gasteiger partial charge in [-0.3, -0.25) is 0 Å². The predicted molar refractivity (Wildman–Crippen MR) is 78.1 cm³/mol. The van der Waals surface area contributed by atoms with Crippen LogP contribution in [0.4, 0.5) is 0 Å². The molecule has 0 amide bonds. The van der Waals surface area contributed by atoms with E-state index < -0.39 is 0 Å². The number of rotatable bonds is 7. The van der Waals surface area contributed by atoms with E-state index in [1.165, 1.54) is 5.56 Å². The van der Waals surface area contributed by atoms with Crippen molar-refractivity contribution in [3.63, 3.8) is 0 Å². The van der Waals surface area contributed by atoms with Crippen LogP contribution in [0, 0.1) is 0 Å². The summed E-state index contributed by atoms with van der Waals surface area (Å²) in [6.45, 7) is 1.69. The molecule has 0 fully saturated rings. The summed E-state index contributed by atoms with van der Waals surface area (Å²) in [5, 5.41) is 0.376. The standard InChI is InChI=1S/C12H18N2O2S2/c13-4-3-12(18-17-6-5-14)9-1-2-10-11(7-9)16-8-15-10/h1-2,7,12H,3-6,8,13-14H2. The molecular formula is C12H18N2O2S2. The van der Waals surface area contributed by atoms with E-state index >= 15 is 0 Å². The van der Waals surface area contributed by atoms with Gasteiger partial charge in [-0.25, -0.2) is 0 Å². The van der Waals surface area contributed by atoms with Gasteiger partial charge in [-0.2, -0.15) is 0 Å². The van der Waals surface area contributed by atoms with Gasteiger partial charge in [0.1, 0.15) is 0 Å². The minimum atomic E-state index is 0.315. The zero-order valence-electron chi connectivity index (χ0n) is 10.1. The summed E-state index contributed by atoms with van der Waals surface area (Å²) in [4.78, 5) is 0. The Bertz CT molecular complexity index is 390. The third-order valence-corrected chi connectivity index (χ3v) is 5.47. The van der Waals surface area contributed by atoms with Crippen molar-refractivity contribution in [3.8, 4) is 11.5 Å². The maximum Gasteiger partial charge on any atom is 0.231 e. The van der Waals surface area contributed by atoms with Crippen molar-refractivity contribution >= 4 is 21.6 Å². The normalized spacial score (nSPS) is 14.8. The molecule has 1 aliphatic rings. The fraction of sp³-hybridized carbons (Fsp3) is 0.500. The molecule has 4 nitrogen and oxygen atoms in total. The lowest BCUT2D eigenvalue weighted by Gasteiger charge is -2.15. The van der Waals surface area contributed by atoms with Crippen LogP contribution in [-0.2, 0) is 0 Å². The molecule has 0 bridgehead atoms. The van der Waals surface area contributed by atoms with Gasteiger partial charge in [-0.15, -0.1) is 0 Å². The van der Waals surface area contributed by atoms with Crippen molar-refractivity contribution in [2.45, 2.75) is 11.7 Å². The van der Waals surface area contributed by atoms with E-state index in [1.807, 2.05) is 16.9 Å². The SMILES string of the molecule is NCCSSC(CCN)c1ccc2c(c1)OCO2. The van der Waals surface area contributed by atoms with Crippen LogP contribution >= 0.6 is 21.6 Å². The van der Waals surface area contributed by atoms with Gasteiger partial charge < -0.3 is 20.9 Å². The fourth-order valence-corrected chi connectivity index (χ4v) is 4.25. The Labute approximate surface area is 115 Å². The summed E-state index contributed by atoms with van der Waals surface area (Å²) in [6.07, 6.45) is 0.946. The second-order valence-corrected chi connectivity index (χ2v) is 6.58. The van der Waals surface area contributed by atoms with Crippen molar-refractivity contribution in [1.82, 2.24) is 0 Å². The van der Waals surface area contributed by atoms with Gasteiger partial charge in [-0.05, 0) is 30.7 Å². The molecule has 18 heavy (non-hydrogen) atoms. The molecule has 6 heteroatoms. The third-order valence-electron chi connectivity index (χ3n) is 2.58. The third kappa shape index (κ3) is 3.47. The minimum Gasteiger partial charge on any atom is -0.454 e. The Hall–Kier alpha value is -0.560. The van der Waals surface area contributed by atoms with E-state index in [2.05, 4.69) is 12.1 Å². The summed E-state index contributed by atoms with van der Waals surface area (Å²) in [6, 6.07) is 6.11. The van der Waals surface area contributed by atoms with Gasteiger partial charge >= 0.3 is 0 Å². The Kier molecular flexibility index (Phi) is 5.49. The molecular weight excluding hydrogens is 268 g/mol. The molecule has 0 aliphatic carbocycles. The first kappa shape index (κ1) is 13.9. The second-order valence-electron chi connectivity index (χ2n) is 3.89. The van der Waals surface area contributed by atoms with Crippen LogP contribution in [0.2, 0.25) is 0 Å². The Morgan fingerprint density at radius 3 is 2.78 bits per heavy atom. The highest BCUT2D eigenvalue weighted by Crippen LogP contribution is 2.43. The number of hydrogen-bond donors (Lipinski definition) is 2. The van der Waals surface area contributed by atoms with Crippen molar-refractivity contribution < 1.29 is 9.47 Å². The maximum absolute atomic E-state index is 5.68. The average molecular weight is 286 g/mol. The summed E-state index contributed by atoms with van der Waals surface area (Å²) >= 11 is 0. The molecule has 0 aromatic heterocycles. The Morgan fingerprint density at radius 2 is 2.00 bits per heavy atom. The van der Waals surface area contributed by atoms with E-state index in [4.69, 9.17) is 20.9 Å². The van der Waals surface area contributed by atoms with Crippen LogP contribution in [0.3, 0.4) is 0 Å². The monoisotopic (exact) mass is 286 g/mol. The first-order valence-electron chi connectivity index (χ1n) is 5.93. The first-order chi connectivity index (χ1) is 8.85. The molecule has 0 spiro atoms. The van der Waals surface area contributed by atoms with Gasteiger partial charge in [-0.1, -0.05) is 27.7 Å². The zero-order chi connectivity index (χ0) is 12.8. The smallest absolute Gasteiger partial charge is 0.231 e. The Morgan fingerprint density at radius 1 is 1.17 bits per heavy atom. The zero-order valence-corrected chi connectivity index (χ0v) is 11.8. The summed E-state index contributed by atoms with van der Waals surface area (Å²) in [5.74, 6) is 2.61. The van der Waals surface area contributed by atoms with E-state index in [0.717, 1.165) is 23.7 Å². The van der Waals surface area contributed by atoms with Gasteiger partial charge in [0.25, 0.3) is 0 Å². The van der Waals surface area contributed by atoms with E-state index in [-0.39, 0.29) is 0 Å². The molecule has 1 aromatic rings. The molecule has 1 atom stereocenters. The quantitative estimate of drug-likeness (QED) is 0.591. The molecule has 1 aliphatic heterocycles. The van der Waals surface area contributed by atoms with Crippen molar-refractivity contribution in [1.29, 1.82) is 0 Å².